The van der Waals surface area contributed by atoms with Gasteiger partial charge < -0.3 is 10.2 Å². The summed E-state index contributed by atoms with van der Waals surface area (Å²) in [7, 11) is -4.84. The van der Waals surface area contributed by atoms with Crippen molar-refractivity contribution in [3.63, 3.8) is 0 Å². The Hall–Kier alpha value is -1.13. The van der Waals surface area contributed by atoms with Gasteiger partial charge in [0.2, 0.25) is 0 Å². The zero-order valence-electron chi connectivity index (χ0n) is 22.9. The molecule has 37 heavy (non-hydrogen) atoms. The minimum atomic E-state index is -4.84. The Labute approximate surface area is 240 Å². The summed E-state index contributed by atoms with van der Waals surface area (Å²) in [6.07, 6.45) is 18.1. The van der Waals surface area contributed by atoms with Crippen LogP contribution in [0.25, 0.3) is 0 Å². The van der Waals surface area contributed by atoms with Crippen molar-refractivity contribution in [1.82, 2.24) is 0 Å². The molecule has 1 rings (SSSR count). The molecular weight excluding hydrogens is 507 g/mol. The molecule has 2 atom stereocenters. The third-order valence-corrected chi connectivity index (χ3v) is 8.31. The van der Waals surface area contributed by atoms with Gasteiger partial charge in [0.05, 0.1) is 6.42 Å². The molecule has 0 spiro atoms. The van der Waals surface area contributed by atoms with Gasteiger partial charge >= 0.3 is 148 Å². The summed E-state index contributed by atoms with van der Waals surface area (Å²) in [6, 6.07) is 8.65. The first kappa shape index (κ1) is 35.9. The Bertz CT molecular complexity index is 860. The Morgan fingerprint density at radius 1 is 0.865 bits per heavy atom. The van der Waals surface area contributed by atoms with Crippen molar-refractivity contribution >= 4 is 50.0 Å². The third kappa shape index (κ3) is 19.6. The first-order valence-corrected chi connectivity index (χ1v) is 16.3. The molecule has 0 saturated carbocycles. The molecule has 1 aromatic rings. The topological polar surface area (TPSA) is 138 Å². The molecule has 1 aromatic carbocycles. The van der Waals surface area contributed by atoms with Crippen LogP contribution in [0.15, 0.2) is 24.3 Å². The van der Waals surface area contributed by atoms with E-state index in [0.29, 0.717) is 3.35 Å². The molecule has 0 heterocycles. The van der Waals surface area contributed by atoms with E-state index in [2.05, 4.69) is 38.1 Å². The number of benzene rings is 1. The molecule has 0 saturated heterocycles. The maximum absolute atomic E-state index is 10.2. The Morgan fingerprint density at radius 2 is 1.35 bits per heavy atom. The molecule has 2 unspecified atom stereocenters. The molecule has 0 aromatic heterocycles. The number of carboxylic acid groups (broad SMARTS) is 2. The summed E-state index contributed by atoms with van der Waals surface area (Å²) in [6.45, 7) is 4.50. The fourth-order valence-electron chi connectivity index (χ4n) is 3.76. The molecular formula is C27H45NaO8S. The SMILES string of the molecule is CCCCCCCCCCCCCCc1ccccc1O[CH]([Na])CC.O=C(O)CC(C(=O)O)S(=O)(=O)O. The van der Waals surface area contributed by atoms with E-state index in [4.69, 9.17) is 19.5 Å². The Kier molecular flexibility index (Phi) is 21.1. The van der Waals surface area contributed by atoms with Crippen LogP contribution in [-0.2, 0) is 26.1 Å². The summed E-state index contributed by atoms with van der Waals surface area (Å²) in [5.74, 6) is -2.37. The van der Waals surface area contributed by atoms with Gasteiger partial charge in [-0.1, -0.05) is 39.0 Å². The molecule has 0 amide bonds. The van der Waals surface area contributed by atoms with Crippen molar-refractivity contribution < 1.29 is 37.5 Å². The summed E-state index contributed by atoms with van der Waals surface area (Å²) in [5.41, 5.74) is 1.41. The fraction of sp³-hybridized carbons (Fsp3) is 0.704. The molecule has 3 N–H and O–H groups in total. The van der Waals surface area contributed by atoms with Crippen LogP contribution in [0.5, 0.6) is 5.75 Å². The molecule has 0 aliphatic carbocycles. The van der Waals surface area contributed by atoms with Gasteiger partial charge in [-0.05, 0) is 0 Å². The number of carbonyl (C=O) groups is 2. The van der Waals surface area contributed by atoms with E-state index in [9.17, 15) is 18.0 Å². The monoisotopic (exact) mass is 552 g/mol. The molecule has 0 aliphatic rings. The van der Waals surface area contributed by atoms with Crippen molar-refractivity contribution in [1.29, 1.82) is 0 Å². The summed E-state index contributed by atoms with van der Waals surface area (Å²) in [4.78, 5) is 20.0. The van der Waals surface area contributed by atoms with Gasteiger partial charge in [-0.15, -0.1) is 0 Å². The molecule has 10 heteroatoms. The minimum absolute atomic E-state index is 0.447. The van der Waals surface area contributed by atoms with E-state index in [0.717, 1.165) is 40.1 Å². The summed E-state index contributed by atoms with van der Waals surface area (Å²) < 4.78 is 35.2. The summed E-state index contributed by atoms with van der Waals surface area (Å²) >= 11 is 1.11. The van der Waals surface area contributed by atoms with Crippen LogP contribution in [0.4, 0.5) is 0 Å². The largest absolute Gasteiger partial charge is 0.481 e. The first-order valence-electron chi connectivity index (χ1n) is 13.7. The van der Waals surface area contributed by atoms with Gasteiger partial charge in [0, 0.05) is 0 Å². The van der Waals surface area contributed by atoms with Crippen molar-refractivity contribution in [2.75, 3.05) is 0 Å². The van der Waals surface area contributed by atoms with Crippen molar-refractivity contribution in [3.05, 3.63) is 29.8 Å². The maximum Gasteiger partial charge on any atom is 0.325 e. The fourth-order valence-corrected chi connectivity index (χ4v) is 4.62. The molecule has 0 aliphatic heterocycles. The van der Waals surface area contributed by atoms with Crippen LogP contribution < -0.4 is 4.74 Å². The number of hydrogen-bond acceptors (Lipinski definition) is 5. The van der Waals surface area contributed by atoms with Crippen LogP contribution in [0.3, 0.4) is 0 Å². The van der Waals surface area contributed by atoms with Crippen LogP contribution in [0.1, 0.15) is 109 Å². The van der Waals surface area contributed by atoms with E-state index in [1.165, 1.54) is 89.0 Å². The van der Waals surface area contributed by atoms with E-state index in [1.54, 1.807) is 0 Å². The zero-order chi connectivity index (χ0) is 28.1. The normalized spacial score (nSPS) is 12.8. The van der Waals surface area contributed by atoms with Gasteiger partial charge in [0.15, 0.2) is 5.25 Å². The van der Waals surface area contributed by atoms with E-state index in [1.807, 2.05) is 0 Å². The van der Waals surface area contributed by atoms with Crippen LogP contribution >= 0.6 is 0 Å². The number of ether oxygens (including phenoxy) is 1. The number of aliphatic carboxylic acids is 2. The third-order valence-electron chi connectivity index (χ3n) is 6.17. The Balaban J connectivity index is 0.000000908. The second-order valence-corrected chi connectivity index (χ2v) is 12.4. The van der Waals surface area contributed by atoms with Gasteiger partial charge in [0.1, 0.15) is 0 Å². The predicted octanol–water partition coefficient (Wildman–Crippen LogP) is 6.02. The summed E-state index contributed by atoms with van der Waals surface area (Å²) in [5, 5.41) is 13.9. The molecule has 208 valence electrons. The standard InChI is InChI=1S/C23H39O.C4H6O7S.Na/c1-3-5-6-7-8-9-10-11-12-13-14-15-18-22-19-16-17-20-23(22)24-21-4-2;5-3(6)1-2(4(7)8)12(9,10)11;/h16-17,19-21H,3-15,18H2,1-2H3;2H,1H2,(H,5,6)(H,7,8)(H,9,10,11);. The maximum atomic E-state index is 10.2. The minimum Gasteiger partial charge on any atom is -0.481 e. The first-order chi connectivity index (χ1) is 17.5. The number of rotatable bonds is 20. The number of hydrogen-bond donors (Lipinski definition) is 3. The number of unbranched alkanes of at least 4 members (excludes halogenated alkanes) is 11. The molecule has 8 nitrogen and oxygen atoms in total. The van der Waals surface area contributed by atoms with E-state index >= 15 is 0 Å². The van der Waals surface area contributed by atoms with Gasteiger partial charge in [-0.2, -0.15) is 8.42 Å². The number of para-hydroxylation sites is 1. The second-order valence-electron chi connectivity index (χ2n) is 9.52. The van der Waals surface area contributed by atoms with Crippen LogP contribution in [0, 0.1) is 0 Å². The van der Waals surface area contributed by atoms with E-state index < -0.39 is 33.7 Å². The number of carboxylic acids is 2. The van der Waals surface area contributed by atoms with E-state index in [-0.39, 0.29) is 0 Å². The molecule has 0 fully saturated rings. The molecule has 0 radical (unpaired) electrons. The Morgan fingerprint density at radius 3 is 1.76 bits per heavy atom. The second kappa shape index (κ2) is 21.8. The van der Waals surface area contributed by atoms with Crippen molar-refractivity contribution in [2.24, 2.45) is 0 Å². The van der Waals surface area contributed by atoms with Crippen molar-refractivity contribution in [3.8, 4) is 5.75 Å². The average Bonchev–Trinajstić information content (AvgIpc) is 2.83. The smallest absolute Gasteiger partial charge is 0.325 e. The molecule has 0 bridgehead atoms. The predicted molar refractivity (Wildman–Crippen MR) is 147 cm³/mol. The van der Waals surface area contributed by atoms with Gasteiger partial charge in [-0.25, -0.2) is 0 Å². The van der Waals surface area contributed by atoms with Gasteiger partial charge in [-0.3, -0.25) is 14.1 Å². The van der Waals surface area contributed by atoms with Crippen molar-refractivity contribution in [2.45, 2.75) is 119 Å². The number of aryl methyl sites for hydroxylation is 1. The van der Waals surface area contributed by atoms with Crippen LogP contribution in [-0.4, -0.2) is 71.7 Å². The zero-order valence-corrected chi connectivity index (χ0v) is 25.7. The van der Waals surface area contributed by atoms with Crippen LogP contribution in [0.2, 0.25) is 0 Å². The average molecular weight is 553 g/mol. The quantitative estimate of drug-likeness (QED) is 0.101. The van der Waals surface area contributed by atoms with Gasteiger partial charge in [0.25, 0.3) is 10.1 Å².